The molecule has 4 nitrogen and oxygen atoms in total. The molecule has 0 amide bonds. The molecule has 108 valence electrons. The Bertz CT molecular complexity index is 857. The molecule has 0 aliphatic heterocycles. The van der Waals surface area contributed by atoms with E-state index in [9.17, 15) is 9.59 Å². The summed E-state index contributed by atoms with van der Waals surface area (Å²) >= 11 is 0. The van der Waals surface area contributed by atoms with Crippen LogP contribution in [0.1, 0.15) is 20.7 Å². The summed E-state index contributed by atoms with van der Waals surface area (Å²) in [5.74, 6) is -0.912. The van der Waals surface area contributed by atoms with Gasteiger partial charge in [-0.2, -0.15) is 4.57 Å². The van der Waals surface area contributed by atoms with E-state index in [1.165, 1.54) is 0 Å². The summed E-state index contributed by atoms with van der Waals surface area (Å²) in [5.41, 5.74) is 0.932. The van der Waals surface area contributed by atoms with Gasteiger partial charge in [0.25, 0.3) is 0 Å². The Labute approximate surface area is 127 Å². The van der Waals surface area contributed by atoms with E-state index in [4.69, 9.17) is 5.11 Å². The highest BCUT2D eigenvalue weighted by Crippen LogP contribution is 2.14. The summed E-state index contributed by atoms with van der Waals surface area (Å²) in [6.45, 7) is 0.251. The van der Waals surface area contributed by atoms with E-state index in [0.717, 1.165) is 10.8 Å². The van der Waals surface area contributed by atoms with Crippen molar-refractivity contribution in [2.45, 2.75) is 6.54 Å². The highest BCUT2D eigenvalue weighted by Gasteiger charge is 2.13. The Hall–Kier alpha value is -3.01. The van der Waals surface area contributed by atoms with Crippen molar-refractivity contribution in [3.8, 4) is 0 Å². The second-order valence-corrected chi connectivity index (χ2v) is 5.06. The monoisotopic (exact) mass is 292 g/mol. The summed E-state index contributed by atoms with van der Waals surface area (Å²) in [7, 11) is 0. The van der Waals surface area contributed by atoms with Crippen molar-refractivity contribution in [1.82, 2.24) is 0 Å². The molecule has 1 aromatic heterocycles. The van der Waals surface area contributed by atoms with Crippen LogP contribution in [0, 0.1) is 0 Å². The number of carboxylic acid groups (broad SMARTS) is 1. The van der Waals surface area contributed by atoms with E-state index in [-0.39, 0.29) is 17.9 Å². The van der Waals surface area contributed by atoms with Crippen LogP contribution in [0.25, 0.3) is 10.8 Å². The highest BCUT2D eigenvalue weighted by atomic mass is 16.4. The fraction of sp³-hybridized carbons (Fsp3) is 0.0556. The number of nitrogens with zero attached hydrogens (tertiary/aromatic N) is 1. The van der Waals surface area contributed by atoms with Gasteiger partial charge in [-0.1, -0.05) is 30.3 Å². The van der Waals surface area contributed by atoms with Crippen molar-refractivity contribution >= 4 is 22.5 Å². The van der Waals surface area contributed by atoms with Gasteiger partial charge in [0.2, 0.25) is 12.3 Å². The molecule has 0 unspecified atom stereocenters. The number of ketones is 1. The summed E-state index contributed by atoms with van der Waals surface area (Å²) < 4.78 is 1.80. The van der Waals surface area contributed by atoms with Crippen molar-refractivity contribution < 1.29 is 19.3 Å². The molecule has 1 heterocycles. The minimum Gasteiger partial charge on any atom is -0.478 e. The largest absolute Gasteiger partial charge is 0.478 e. The molecule has 0 saturated carbocycles. The fourth-order valence-corrected chi connectivity index (χ4v) is 2.35. The lowest BCUT2D eigenvalue weighted by molar-refractivity contribution is -0.681. The zero-order valence-electron chi connectivity index (χ0n) is 11.8. The predicted molar refractivity (Wildman–Crippen MR) is 81.9 cm³/mol. The van der Waals surface area contributed by atoms with Crippen LogP contribution in [-0.4, -0.2) is 16.9 Å². The second-order valence-electron chi connectivity index (χ2n) is 5.06. The second kappa shape index (κ2) is 5.77. The summed E-state index contributed by atoms with van der Waals surface area (Å²) in [6.07, 6.45) is 3.64. The van der Waals surface area contributed by atoms with Gasteiger partial charge in [0, 0.05) is 17.0 Å². The fourth-order valence-electron chi connectivity index (χ4n) is 2.35. The molecule has 0 saturated heterocycles. The molecule has 3 rings (SSSR count). The number of fused-ring (bicyclic) bond motifs is 1. The lowest BCUT2D eigenvalue weighted by atomic mass is 10.1. The summed E-state index contributed by atoms with van der Waals surface area (Å²) in [5, 5.41) is 10.7. The zero-order chi connectivity index (χ0) is 15.5. The van der Waals surface area contributed by atoms with Gasteiger partial charge in [0.15, 0.2) is 12.4 Å². The number of pyridine rings is 1. The Morgan fingerprint density at radius 3 is 2.41 bits per heavy atom. The molecule has 2 aromatic carbocycles. The smallest absolute Gasteiger partial charge is 0.335 e. The minimum absolute atomic E-state index is 0.0344. The van der Waals surface area contributed by atoms with Crippen LogP contribution in [0.4, 0.5) is 0 Å². The summed E-state index contributed by atoms with van der Waals surface area (Å²) in [4.78, 5) is 23.2. The number of Topliss-reactive ketones (excluding diaryl/α,β-unsaturated/α-hetero) is 1. The average molecular weight is 292 g/mol. The first kappa shape index (κ1) is 13.9. The number of hydrogen-bond donors (Lipinski definition) is 1. The maximum absolute atomic E-state index is 12.2. The minimum atomic E-state index is -0.946. The number of rotatable bonds is 4. The number of aromatic nitrogens is 1. The molecule has 1 N–H and O–H groups in total. The van der Waals surface area contributed by atoms with Gasteiger partial charge in [-0.15, -0.1) is 0 Å². The first-order chi connectivity index (χ1) is 10.6. The van der Waals surface area contributed by atoms with Crippen molar-refractivity contribution in [3.05, 3.63) is 78.1 Å². The number of carbonyl (C=O) groups is 2. The third kappa shape index (κ3) is 2.86. The van der Waals surface area contributed by atoms with Gasteiger partial charge in [-0.3, -0.25) is 4.79 Å². The van der Waals surface area contributed by atoms with Gasteiger partial charge >= 0.3 is 5.97 Å². The van der Waals surface area contributed by atoms with Crippen LogP contribution in [0.3, 0.4) is 0 Å². The van der Waals surface area contributed by atoms with Gasteiger partial charge in [-0.05, 0) is 23.6 Å². The Kier molecular flexibility index (Phi) is 3.66. The average Bonchev–Trinajstić information content (AvgIpc) is 2.55. The van der Waals surface area contributed by atoms with Crippen molar-refractivity contribution in [3.63, 3.8) is 0 Å². The number of aromatic carboxylic acids is 1. The maximum atomic E-state index is 12.2. The van der Waals surface area contributed by atoms with Gasteiger partial charge in [0.05, 0.1) is 5.56 Å². The van der Waals surface area contributed by atoms with Crippen LogP contribution in [0.15, 0.2) is 67.0 Å². The van der Waals surface area contributed by atoms with E-state index in [1.807, 2.05) is 30.5 Å². The maximum Gasteiger partial charge on any atom is 0.335 e. The van der Waals surface area contributed by atoms with Crippen LogP contribution < -0.4 is 4.57 Å². The first-order valence-electron chi connectivity index (χ1n) is 6.88. The molecule has 0 bridgehead atoms. The Morgan fingerprint density at radius 1 is 0.909 bits per heavy atom. The Balaban J connectivity index is 1.88. The number of carboxylic acids is 1. The highest BCUT2D eigenvalue weighted by molar-refractivity contribution is 5.95. The molecule has 0 aliphatic carbocycles. The number of hydrogen-bond acceptors (Lipinski definition) is 2. The normalized spacial score (nSPS) is 10.5. The van der Waals surface area contributed by atoms with Gasteiger partial charge in [0.1, 0.15) is 0 Å². The quantitative estimate of drug-likeness (QED) is 0.594. The molecule has 0 spiro atoms. The van der Waals surface area contributed by atoms with Crippen LogP contribution in [-0.2, 0) is 6.54 Å². The van der Waals surface area contributed by atoms with E-state index in [0.29, 0.717) is 5.56 Å². The van der Waals surface area contributed by atoms with Gasteiger partial charge < -0.3 is 5.11 Å². The molecular weight excluding hydrogens is 278 g/mol. The van der Waals surface area contributed by atoms with Crippen LogP contribution in [0.2, 0.25) is 0 Å². The molecule has 0 fully saturated rings. The van der Waals surface area contributed by atoms with Gasteiger partial charge in [-0.25, -0.2) is 4.79 Å². The number of carbonyl (C=O) groups excluding carboxylic acids is 1. The van der Waals surface area contributed by atoms with E-state index >= 15 is 0 Å². The molecule has 0 atom stereocenters. The van der Waals surface area contributed by atoms with Crippen molar-refractivity contribution in [2.75, 3.05) is 0 Å². The van der Waals surface area contributed by atoms with Crippen LogP contribution >= 0.6 is 0 Å². The summed E-state index contributed by atoms with van der Waals surface area (Å²) in [6, 6.07) is 15.9. The standard InChI is InChI=1S/C18H13NO3/c20-17(13-4-2-1-3-5-13)12-19-9-8-14-10-15(18(21)22)6-7-16(14)11-19/h1-11H,12H2/p+1. The number of benzene rings is 2. The van der Waals surface area contributed by atoms with E-state index < -0.39 is 5.97 Å². The third-order valence-corrected chi connectivity index (χ3v) is 3.51. The molecule has 22 heavy (non-hydrogen) atoms. The van der Waals surface area contributed by atoms with Crippen molar-refractivity contribution in [2.24, 2.45) is 0 Å². The Morgan fingerprint density at radius 2 is 1.68 bits per heavy atom. The van der Waals surface area contributed by atoms with Crippen molar-refractivity contribution in [1.29, 1.82) is 0 Å². The predicted octanol–water partition coefficient (Wildman–Crippen LogP) is 2.71. The zero-order valence-corrected chi connectivity index (χ0v) is 11.8. The molecule has 3 aromatic rings. The van der Waals surface area contributed by atoms with E-state index in [2.05, 4.69) is 0 Å². The van der Waals surface area contributed by atoms with Crippen LogP contribution in [0.5, 0.6) is 0 Å². The molecule has 0 radical (unpaired) electrons. The van der Waals surface area contributed by atoms with E-state index in [1.54, 1.807) is 41.1 Å². The molecule has 0 aliphatic rings. The lowest BCUT2D eigenvalue weighted by Gasteiger charge is -2.01. The third-order valence-electron chi connectivity index (χ3n) is 3.51. The lowest BCUT2D eigenvalue weighted by Crippen LogP contribution is -2.37. The molecule has 4 heteroatoms. The SMILES string of the molecule is O=C(O)c1ccc2c[n+](CC(=O)c3ccccc3)ccc2c1. The first-order valence-corrected chi connectivity index (χ1v) is 6.88. The topological polar surface area (TPSA) is 58.2 Å². The molecular formula is C18H14NO3+.